The number of nitrogens with zero attached hydrogens (tertiary/aromatic N) is 3. The van der Waals surface area contributed by atoms with Gasteiger partial charge >= 0.3 is 0 Å². The van der Waals surface area contributed by atoms with Gasteiger partial charge in [0, 0.05) is 0 Å². The summed E-state index contributed by atoms with van der Waals surface area (Å²) in [5.74, 6) is 1.45. The second-order valence-electron chi connectivity index (χ2n) is 4.42. The first-order chi connectivity index (χ1) is 9.78. The maximum Gasteiger partial charge on any atom is 0.295 e. The fourth-order valence-electron chi connectivity index (χ4n) is 2.08. The van der Waals surface area contributed by atoms with E-state index in [1.165, 1.54) is 5.56 Å². The molecule has 0 aliphatic rings. The Morgan fingerprint density at radius 1 is 1.30 bits per heavy atom. The molecular weight excluding hydrogens is 270 g/mol. The van der Waals surface area contributed by atoms with Crippen LogP contribution in [0.4, 0.5) is 5.82 Å². The van der Waals surface area contributed by atoms with Gasteiger partial charge in [0.25, 0.3) is 5.65 Å². The van der Waals surface area contributed by atoms with Crippen LogP contribution in [0.3, 0.4) is 0 Å². The van der Waals surface area contributed by atoms with Crippen LogP contribution in [0.5, 0.6) is 0 Å². The number of thioether (sulfide) groups is 1. The number of hydrogen-bond donors (Lipinski definition) is 2. The zero-order valence-corrected chi connectivity index (χ0v) is 12.0. The number of nitrogen functional groups attached to an aromatic ring is 1. The molecule has 5 nitrogen and oxygen atoms in total. The molecule has 2 aromatic heterocycles. The van der Waals surface area contributed by atoms with Crippen LogP contribution in [0.25, 0.3) is 11.2 Å². The molecule has 102 valence electrons. The number of nitrogens with two attached hydrogens (primary N) is 1. The van der Waals surface area contributed by atoms with Crippen LogP contribution in [-0.2, 0) is 6.54 Å². The fraction of sp³-hybridized carbons (Fsp3) is 0.214. The number of aromatic nitrogens is 4. The van der Waals surface area contributed by atoms with Crippen LogP contribution in [0.15, 0.2) is 41.8 Å². The van der Waals surface area contributed by atoms with Gasteiger partial charge in [-0.1, -0.05) is 59.0 Å². The number of fused-ring (bicyclic) bond motifs is 1. The molecule has 0 bridgehead atoms. The van der Waals surface area contributed by atoms with Crippen LogP contribution < -0.4 is 10.3 Å². The first kappa shape index (κ1) is 12.9. The van der Waals surface area contributed by atoms with E-state index in [0.717, 1.165) is 28.6 Å². The molecule has 1 aromatic carbocycles. The highest BCUT2D eigenvalue weighted by Gasteiger charge is 2.18. The molecule has 3 N–H and O–H groups in total. The average Bonchev–Trinajstić information content (AvgIpc) is 2.89. The summed E-state index contributed by atoms with van der Waals surface area (Å²) in [4.78, 5) is 12.1. The number of aromatic amines is 1. The number of imidazole rings is 1. The molecule has 0 aliphatic heterocycles. The standard InChI is InChI=1S/C14H15N5S/c1-2-20-14-17-11-12(15)16-9-19(13(11)18-14)8-10-6-4-3-5-7-10/h3-7,9H,2,8H2,1H3,(H2,15,17,18)/p+1. The van der Waals surface area contributed by atoms with Gasteiger partial charge in [-0.25, -0.2) is 4.57 Å². The van der Waals surface area contributed by atoms with Crippen LogP contribution in [0.1, 0.15) is 12.5 Å². The minimum absolute atomic E-state index is 0.486. The van der Waals surface area contributed by atoms with Gasteiger partial charge in [0.15, 0.2) is 5.52 Å². The van der Waals surface area contributed by atoms with Crippen LogP contribution in [0.2, 0.25) is 0 Å². The topological polar surface area (TPSA) is 71.5 Å². The Balaban J connectivity index is 2.04. The van der Waals surface area contributed by atoms with Gasteiger partial charge in [-0.05, 0) is 11.3 Å². The van der Waals surface area contributed by atoms with Gasteiger partial charge in [0.1, 0.15) is 0 Å². The monoisotopic (exact) mass is 286 g/mol. The normalized spacial score (nSPS) is 11.1. The van der Waals surface area contributed by atoms with E-state index in [9.17, 15) is 0 Å². The van der Waals surface area contributed by atoms with E-state index in [-0.39, 0.29) is 0 Å². The Hall–Kier alpha value is -2.08. The maximum atomic E-state index is 5.92. The van der Waals surface area contributed by atoms with Gasteiger partial charge in [-0.15, -0.1) is 0 Å². The molecule has 0 amide bonds. The van der Waals surface area contributed by atoms with Crippen molar-refractivity contribution in [3.63, 3.8) is 0 Å². The van der Waals surface area contributed by atoms with Gasteiger partial charge in [-0.3, -0.25) is 0 Å². The van der Waals surface area contributed by atoms with Crippen molar-refractivity contribution in [3.05, 3.63) is 42.2 Å². The summed E-state index contributed by atoms with van der Waals surface area (Å²) in [7, 11) is 0. The molecule has 0 saturated carbocycles. The fourth-order valence-corrected chi connectivity index (χ4v) is 2.68. The van der Waals surface area contributed by atoms with E-state index in [1.807, 2.05) is 22.8 Å². The van der Waals surface area contributed by atoms with Crippen molar-refractivity contribution >= 4 is 28.7 Å². The van der Waals surface area contributed by atoms with Crippen LogP contribution in [0, 0.1) is 0 Å². The Morgan fingerprint density at radius 2 is 2.10 bits per heavy atom. The van der Waals surface area contributed by atoms with Gasteiger partial charge < -0.3 is 10.7 Å². The number of hydrogen-bond acceptors (Lipinski definition) is 4. The predicted octanol–water partition coefficient (Wildman–Crippen LogP) is 1.99. The summed E-state index contributed by atoms with van der Waals surface area (Å²) < 4.78 is 2.01. The lowest BCUT2D eigenvalue weighted by Gasteiger charge is -2.01. The highest BCUT2D eigenvalue weighted by molar-refractivity contribution is 7.99. The van der Waals surface area contributed by atoms with E-state index in [4.69, 9.17) is 5.73 Å². The first-order valence-electron chi connectivity index (χ1n) is 6.48. The van der Waals surface area contributed by atoms with Crippen molar-refractivity contribution in [2.75, 3.05) is 11.5 Å². The molecule has 3 aromatic rings. The Bertz CT molecular complexity index is 723. The molecule has 0 unspecified atom stereocenters. The summed E-state index contributed by atoms with van der Waals surface area (Å²) in [6.45, 7) is 2.82. The van der Waals surface area contributed by atoms with E-state index in [1.54, 1.807) is 18.1 Å². The highest BCUT2D eigenvalue weighted by Crippen LogP contribution is 2.19. The van der Waals surface area contributed by atoms with Crippen LogP contribution >= 0.6 is 11.8 Å². The number of nitrogens with one attached hydrogen (secondary N) is 1. The third-order valence-corrected chi connectivity index (χ3v) is 3.76. The van der Waals surface area contributed by atoms with Gasteiger partial charge in [0.2, 0.25) is 17.3 Å². The molecular formula is C14H16N5S+. The molecule has 6 heteroatoms. The molecule has 0 fully saturated rings. The number of rotatable bonds is 4. The van der Waals surface area contributed by atoms with Crippen molar-refractivity contribution in [1.82, 2.24) is 15.0 Å². The van der Waals surface area contributed by atoms with Crippen molar-refractivity contribution in [2.45, 2.75) is 18.6 Å². The maximum absolute atomic E-state index is 5.92. The zero-order valence-electron chi connectivity index (χ0n) is 11.2. The van der Waals surface area contributed by atoms with Crippen molar-refractivity contribution < 1.29 is 4.57 Å². The van der Waals surface area contributed by atoms with Crippen molar-refractivity contribution in [1.29, 1.82) is 0 Å². The van der Waals surface area contributed by atoms with Crippen molar-refractivity contribution in [2.24, 2.45) is 0 Å². The lowest BCUT2D eigenvalue weighted by Crippen LogP contribution is -2.36. The van der Waals surface area contributed by atoms with Crippen molar-refractivity contribution in [3.8, 4) is 0 Å². The molecule has 3 rings (SSSR count). The summed E-state index contributed by atoms with van der Waals surface area (Å²) in [6, 6.07) is 10.2. The van der Waals surface area contributed by atoms with E-state index < -0.39 is 0 Å². The van der Waals surface area contributed by atoms with E-state index in [2.05, 4.69) is 34.0 Å². The molecule has 0 radical (unpaired) electrons. The minimum Gasteiger partial charge on any atom is -0.368 e. The SMILES string of the molecule is CCSc1nc2c([nH]1)c(N)nc[n+]2Cc1ccccc1. The molecule has 0 aliphatic carbocycles. The van der Waals surface area contributed by atoms with E-state index >= 15 is 0 Å². The lowest BCUT2D eigenvalue weighted by molar-refractivity contribution is -0.667. The smallest absolute Gasteiger partial charge is 0.295 e. The molecule has 0 saturated heterocycles. The number of benzene rings is 1. The van der Waals surface area contributed by atoms with E-state index in [0.29, 0.717) is 5.82 Å². The van der Waals surface area contributed by atoms with Gasteiger partial charge in [0.05, 0.1) is 6.54 Å². The number of anilines is 1. The highest BCUT2D eigenvalue weighted by atomic mass is 32.2. The quantitative estimate of drug-likeness (QED) is 0.568. The zero-order chi connectivity index (χ0) is 13.9. The molecule has 0 spiro atoms. The Kier molecular flexibility index (Phi) is 3.56. The minimum atomic E-state index is 0.486. The molecule has 2 heterocycles. The largest absolute Gasteiger partial charge is 0.368 e. The summed E-state index contributed by atoms with van der Waals surface area (Å²) in [5.41, 5.74) is 8.78. The third kappa shape index (κ3) is 2.46. The first-order valence-corrected chi connectivity index (χ1v) is 7.47. The molecule has 0 atom stereocenters. The Morgan fingerprint density at radius 3 is 2.85 bits per heavy atom. The second-order valence-corrected chi connectivity index (χ2v) is 5.67. The Labute approximate surface area is 121 Å². The number of H-pyrrole nitrogens is 1. The summed E-state index contributed by atoms with van der Waals surface area (Å²) in [5, 5.41) is 0.879. The summed E-state index contributed by atoms with van der Waals surface area (Å²) in [6.07, 6.45) is 1.74. The van der Waals surface area contributed by atoms with Crippen LogP contribution in [-0.4, -0.2) is 20.7 Å². The second kappa shape index (κ2) is 5.50. The van der Waals surface area contributed by atoms with Gasteiger partial charge in [-0.2, -0.15) is 0 Å². The predicted molar refractivity (Wildman–Crippen MR) is 80.4 cm³/mol. The average molecular weight is 286 g/mol. The third-order valence-electron chi connectivity index (χ3n) is 3.00. The lowest BCUT2D eigenvalue weighted by atomic mass is 10.2. The molecule has 20 heavy (non-hydrogen) atoms. The summed E-state index contributed by atoms with van der Waals surface area (Å²) >= 11 is 1.66.